The van der Waals surface area contributed by atoms with Gasteiger partial charge in [-0.1, -0.05) is 13.8 Å². The number of carbonyl (C=O) groups is 1. The van der Waals surface area contributed by atoms with Crippen molar-refractivity contribution in [2.24, 2.45) is 17.6 Å². The summed E-state index contributed by atoms with van der Waals surface area (Å²) in [4.78, 5) is 16.1. The zero-order valence-corrected chi connectivity index (χ0v) is 11.6. The van der Waals surface area contributed by atoms with Crippen LogP contribution in [0, 0.1) is 11.8 Å². The topological polar surface area (TPSA) is 73.8 Å². The van der Waals surface area contributed by atoms with Crippen LogP contribution >= 0.6 is 0 Å². The molecular formula is C13H24N4O. The molecular weight excluding hydrogens is 228 g/mol. The number of aryl methyl sites for hydroxylation is 1. The highest BCUT2D eigenvalue weighted by atomic mass is 16.1. The normalized spacial score (nSPS) is 12.9. The summed E-state index contributed by atoms with van der Waals surface area (Å²) in [5, 5.41) is 4.06. The van der Waals surface area contributed by atoms with Gasteiger partial charge >= 0.3 is 0 Å². The van der Waals surface area contributed by atoms with Crippen LogP contribution in [0.25, 0.3) is 0 Å². The fourth-order valence-corrected chi connectivity index (χ4v) is 2.19. The third-order valence-corrected chi connectivity index (χ3v) is 3.00. The van der Waals surface area contributed by atoms with E-state index in [4.69, 9.17) is 5.73 Å². The SMILES string of the molecule is CCn1ncnc1CC(=O)CC(CN)CC(C)C. The van der Waals surface area contributed by atoms with E-state index < -0.39 is 0 Å². The molecule has 0 aliphatic carbocycles. The molecule has 0 fully saturated rings. The quantitative estimate of drug-likeness (QED) is 0.759. The molecule has 0 radical (unpaired) electrons. The molecule has 102 valence electrons. The maximum Gasteiger partial charge on any atom is 0.140 e. The first-order valence-electron chi connectivity index (χ1n) is 6.65. The van der Waals surface area contributed by atoms with E-state index in [0.29, 0.717) is 25.3 Å². The highest BCUT2D eigenvalue weighted by molar-refractivity contribution is 5.80. The second kappa shape index (κ2) is 7.26. The number of aromatic nitrogens is 3. The minimum Gasteiger partial charge on any atom is -0.330 e. The van der Waals surface area contributed by atoms with Gasteiger partial charge in [0.2, 0.25) is 0 Å². The summed E-state index contributed by atoms with van der Waals surface area (Å²) in [7, 11) is 0. The van der Waals surface area contributed by atoms with E-state index in [9.17, 15) is 4.79 Å². The molecule has 0 aromatic carbocycles. The first-order chi connectivity index (χ1) is 8.56. The molecule has 0 saturated carbocycles. The summed E-state index contributed by atoms with van der Waals surface area (Å²) in [5.41, 5.74) is 5.71. The zero-order chi connectivity index (χ0) is 13.5. The average Bonchev–Trinajstić information content (AvgIpc) is 2.74. The number of carbonyl (C=O) groups excluding carboxylic acids is 1. The van der Waals surface area contributed by atoms with Crippen LogP contribution in [0.15, 0.2) is 6.33 Å². The monoisotopic (exact) mass is 252 g/mol. The Hall–Kier alpha value is -1.23. The van der Waals surface area contributed by atoms with Crippen LogP contribution in [0.3, 0.4) is 0 Å². The number of nitrogens with zero attached hydrogens (tertiary/aromatic N) is 3. The molecule has 0 saturated heterocycles. The Labute approximate surface area is 109 Å². The van der Waals surface area contributed by atoms with Crippen LogP contribution in [0.4, 0.5) is 0 Å². The Balaban J connectivity index is 2.50. The van der Waals surface area contributed by atoms with Gasteiger partial charge in [0.15, 0.2) is 0 Å². The predicted molar refractivity (Wildman–Crippen MR) is 71.0 cm³/mol. The van der Waals surface area contributed by atoms with E-state index in [1.54, 1.807) is 4.68 Å². The second-order valence-electron chi connectivity index (χ2n) is 5.14. The molecule has 0 amide bonds. The molecule has 18 heavy (non-hydrogen) atoms. The lowest BCUT2D eigenvalue weighted by molar-refractivity contribution is -0.119. The molecule has 0 aliphatic heterocycles. The smallest absolute Gasteiger partial charge is 0.140 e. The van der Waals surface area contributed by atoms with Gasteiger partial charge in [0.05, 0.1) is 6.42 Å². The molecule has 1 heterocycles. The van der Waals surface area contributed by atoms with Gasteiger partial charge in [-0.15, -0.1) is 0 Å². The van der Waals surface area contributed by atoms with Crippen molar-refractivity contribution in [2.45, 2.75) is 46.6 Å². The van der Waals surface area contributed by atoms with Gasteiger partial charge in [-0.25, -0.2) is 9.67 Å². The maximum absolute atomic E-state index is 12.0. The zero-order valence-electron chi connectivity index (χ0n) is 11.6. The van der Waals surface area contributed by atoms with Crippen molar-refractivity contribution in [1.82, 2.24) is 14.8 Å². The number of Topliss-reactive ketones (excluding diaryl/α,β-unsaturated/α-hetero) is 1. The van der Waals surface area contributed by atoms with Crippen molar-refractivity contribution in [1.29, 1.82) is 0 Å². The summed E-state index contributed by atoms with van der Waals surface area (Å²) >= 11 is 0. The van der Waals surface area contributed by atoms with Crippen LogP contribution in [-0.4, -0.2) is 27.1 Å². The van der Waals surface area contributed by atoms with E-state index in [2.05, 4.69) is 23.9 Å². The molecule has 1 atom stereocenters. The number of ketones is 1. The van der Waals surface area contributed by atoms with Gasteiger partial charge in [-0.3, -0.25) is 4.79 Å². The second-order valence-corrected chi connectivity index (χ2v) is 5.14. The van der Waals surface area contributed by atoms with Gasteiger partial charge in [0.1, 0.15) is 17.9 Å². The highest BCUT2D eigenvalue weighted by Gasteiger charge is 2.16. The third-order valence-electron chi connectivity index (χ3n) is 3.00. The number of hydrogen-bond donors (Lipinski definition) is 1. The fraction of sp³-hybridized carbons (Fsp3) is 0.769. The standard InChI is InChI=1S/C13H24N4O/c1-4-17-13(15-9-16-17)7-12(18)6-11(8-14)5-10(2)3/h9-11H,4-8,14H2,1-3H3. The van der Waals surface area contributed by atoms with Crippen LogP contribution < -0.4 is 5.73 Å². The lowest BCUT2D eigenvalue weighted by atomic mass is 9.92. The molecule has 2 N–H and O–H groups in total. The summed E-state index contributed by atoms with van der Waals surface area (Å²) in [6, 6.07) is 0. The largest absolute Gasteiger partial charge is 0.330 e. The van der Waals surface area contributed by atoms with Crippen molar-refractivity contribution in [3.63, 3.8) is 0 Å². The molecule has 0 aliphatic rings. The number of nitrogens with two attached hydrogens (primary N) is 1. The molecule has 1 rings (SSSR count). The van der Waals surface area contributed by atoms with Crippen LogP contribution in [0.1, 0.15) is 39.4 Å². The highest BCUT2D eigenvalue weighted by Crippen LogP contribution is 2.15. The van der Waals surface area contributed by atoms with Gasteiger partial charge < -0.3 is 5.73 Å². The molecule has 5 nitrogen and oxygen atoms in total. The van der Waals surface area contributed by atoms with Crippen molar-refractivity contribution in [3.05, 3.63) is 12.2 Å². The van der Waals surface area contributed by atoms with Crippen molar-refractivity contribution < 1.29 is 4.79 Å². The minimum atomic E-state index is 0.203. The van der Waals surface area contributed by atoms with Crippen LogP contribution in [0.5, 0.6) is 0 Å². The Morgan fingerprint density at radius 1 is 1.50 bits per heavy atom. The van der Waals surface area contributed by atoms with Gasteiger partial charge in [-0.05, 0) is 31.7 Å². The van der Waals surface area contributed by atoms with Gasteiger partial charge in [0, 0.05) is 13.0 Å². The van der Waals surface area contributed by atoms with Crippen molar-refractivity contribution in [3.8, 4) is 0 Å². The van der Waals surface area contributed by atoms with E-state index in [0.717, 1.165) is 18.8 Å². The Bertz CT molecular complexity index is 373. The van der Waals surface area contributed by atoms with Crippen molar-refractivity contribution in [2.75, 3.05) is 6.54 Å². The molecule has 1 aromatic rings. The minimum absolute atomic E-state index is 0.203. The van der Waals surface area contributed by atoms with Gasteiger partial charge in [-0.2, -0.15) is 5.10 Å². The molecule has 0 spiro atoms. The van der Waals surface area contributed by atoms with E-state index in [1.807, 2.05) is 6.92 Å². The van der Waals surface area contributed by atoms with E-state index >= 15 is 0 Å². The lowest BCUT2D eigenvalue weighted by Gasteiger charge is -2.15. The maximum atomic E-state index is 12.0. The van der Waals surface area contributed by atoms with Crippen molar-refractivity contribution >= 4 is 5.78 Å². The lowest BCUT2D eigenvalue weighted by Crippen LogP contribution is -2.21. The van der Waals surface area contributed by atoms with Crippen LogP contribution in [-0.2, 0) is 17.8 Å². The molecule has 5 heteroatoms. The molecule has 1 unspecified atom stereocenters. The number of hydrogen-bond acceptors (Lipinski definition) is 4. The summed E-state index contributed by atoms with van der Waals surface area (Å²) in [6.45, 7) is 7.62. The van der Waals surface area contributed by atoms with E-state index in [-0.39, 0.29) is 11.7 Å². The van der Waals surface area contributed by atoms with Crippen LogP contribution in [0.2, 0.25) is 0 Å². The fourth-order valence-electron chi connectivity index (χ4n) is 2.19. The Morgan fingerprint density at radius 2 is 2.22 bits per heavy atom. The number of rotatable bonds is 8. The first kappa shape index (κ1) is 14.8. The molecule has 0 bridgehead atoms. The summed E-state index contributed by atoms with van der Waals surface area (Å²) in [6.07, 6.45) is 3.41. The average molecular weight is 252 g/mol. The Morgan fingerprint density at radius 3 is 2.78 bits per heavy atom. The third kappa shape index (κ3) is 4.56. The van der Waals surface area contributed by atoms with E-state index in [1.165, 1.54) is 6.33 Å². The summed E-state index contributed by atoms with van der Waals surface area (Å²) in [5.74, 6) is 1.82. The first-order valence-corrected chi connectivity index (χ1v) is 6.65. The molecule has 1 aromatic heterocycles. The predicted octanol–water partition coefficient (Wildman–Crippen LogP) is 1.42. The van der Waals surface area contributed by atoms with Gasteiger partial charge in [0.25, 0.3) is 0 Å². The summed E-state index contributed by atoms with van der Waals surface area (Å²) < 4.78 is 1.76. The Kier molecular flexibility index (Phi) is 5.98.